The highest BCUT2D eigenvalue weighted by Gasteiger charge is 2.08. The molecule has 0 aliphatic carbocycles. The van der Waals surface area contributed by atoms with E-state index < -0.39 is 6.09 Å². The van der Waals surface area contributed by atoms with Crippen LogP contribution >= 0.6 is 0 Å². The molecule has 2 aromatic rings. The van der Waals surface area contributed by atoms with Gasteiger partial charge < -0.3 is 10.1 Å². The summed E-state index contributed by atoms with van der Waals surface area (Å²) in [6, 6.07) is 15.9. The van der Waals surface area contributed by atoms with Crippen LogP contribution in [0.3, 0.4) is 0 Å². The summed E-state index contributed by atoms with van der Waals surface area (Å²) in [4.78, 5) is 11.3. The van der Waals surface area contributed by atoms with Crippen LogP contribution in [0.5, 0.6) is 0 Å². The minimum atomic E-state index is -0.519. The van der Waals surface area contributed by atoms with Gasteiger partial charge in [0.1, 0.15) is 12.1 Å². The number of hydrogen-bond acceptors (Lipinski definition) is 5. The topological polar surface area (TPSA) is 97.9 Å². The molecule has 0 bridgehead atoms. The third-order valence-corrected chi connectivity index (χ3v) is 2.98. The van der Waals surface area contributed by atoms with Gasteiger partial charge in [0.05, 0.1) is 23.4 Å². The lowest BCUT2D eigenvalue weighted by Gasteiger charge is -2.11. The molecule has 2 N–H and O–H groups in total. The number of amides is 1. The number of rotatable bonds is 4. The number of nitrogens with zero attached hydrogens (tertiary/aromatic N) is 2. The standard InChI is InChI=1S/C17H14N4O2/c1-2-23-17(22)21-15-8-6-14(7-9-15)20-16-12(10-18)4-3-5-13(16)11-19/h3-9,20H,2H2,1H3,(H,21,22). The first-order chi connectivity index (χ1) is 11.2. The second kappa shape index (κ2) is 7.48. The van der Waals surface area contributed by atoms with Crippen LogP contribution in [0.25, 0.3) is 0 Å². The van der Waals surface area contributed by atoms with Crippen LogP contribution in [0, 0.1) is 22.7 Å². The third-order valence-electron chi connectivity index (χ3n) is 2.98. The van der Waals surface area contributed by atoms with Crippen molar-refractivity contribution >= 4 is 23.2 Å². The molecule has 0 atom stereocenters. The Hall–Kier alpha value is -3.51. The van der Waals surface area contributed by atoms with E-state index in [9.17, 15) is 4.79 Å². The summed E-state index contributed by atoms with van der Waals surface area (Å²) in [5.41, 5.74) is 2.51. The molecule has 114 valence electrons. The number of para-hydroxylation sites is 1. The second-order valence-electron chi connectivity index (χ2n) is 4.50. The molecule has 0 aliphatic rings. The third kappa shape index (κ3) is 3.99. The highest BCUT2D eigenvalue weighted by atomic mass is 16.5. The van der Waals surface area contributed by atoms with Crippen molar-refractivity contribution in [2.45, 2.75) is 6.92 Å². The van der Waals surface area contributed by atoms with Gasteiger partial charge in [0.25, 0.3) is 0 Å². The predicted molar refractivity (Wildman–Crippen MR) is 86.2 cm³/mol. The number of ether oxygens (including phenoxy) is 1. The zero-order chi connectivity index (χ0) is 16.7. The van der Waals surface area contributed by atoms with E-state index in [0.717, 1.165) is 0 Å². The number of anilines is 3. The van der Waals surface area contributed by atoms with E-state index in [1.807, 2.05) is 0 Å². The summed E-state index contributed by atoms with van der Waals surface area (Å²) in [5, 5.41) is 23.9. The molecule has 0 heterocycles. The maximum atomic E-state index is 11.3. The first-order valence-corrected chi connectivity index (χ1v) is 6.92. The molecule has 6 heteroatoms. The highest BCUT2D eigenvalue weighted by molar-refractivity contribution is 5.85. The Balaban J connectivity index is 2.18. The summed E-state index contributed by atoms with van der Waals surface area (Å²) in [6.07, 6.45) is -0.519. The maximum absolute atomic E-state index is 11.3. The quantitative estimate of drug-likeness (QED) is 0.896. The number of nitrogens with one attached hydrogen (secondary N) is 2. The minimum absolute atomic E-state index is 0.299. The van der Waals surface area contributed by atoms with Crippen molar-refractivity contribution < 1.29 is 9.53 Å². The largest absolute Gasteiger partial charge is 0.450 e. The van der Waals surface area contributed by atoms with E-state index in [2.05, 4.69) is 22.8 Å². The summed E-state index contributed by atoms with van der Waals surface area (Å²) >= 11 is 0. The molecule has 2 aromatic carbocycles. The zero-order valence-corrected chi connectivity index (χ0v) is 12.5. The average molecular weight is 306 g/mol. The number of carbonyl (C=O) groups is 1. The first-order valence-electron chi connectivity index (χ1n) is 6.92. The molecule has 0 unspecified atom stereocenters. The van der Waals surface area contributed by atoms with Crippen LogP contribution in [0.15, 0.2) is 42.5 Å². The van der Waals surface area contributed by atoms with Gasteiger partial charge in [0.2, 0.25) is 0 Å². The monoisotopic (exact) mass is 306 g/mol. The van der Waals surface area contributed by atoms with E-state index in [1.165, 1.54) is 0 Å². The molecule has 23 heavy (non-hydrogen) atoms. The van der Waals surface area contributed by atoms with Gasteiger partial charge in [-0.1, -0.05) is 6.07 Å². The van der Waals surface area contributed by atoms with E-state index in [4.69, 9.17) is 15.3 Å². The van der Waals surface area contributed by atoms with Crippen LogP contribution in [0.2, 0.25) is 0 Å². The highest BCUT2D eigenvalue weighted by Crippen LogP contribution is 2.25. The Morgan fingerprint density at radius 3 is 2.13 bits per heavy atom. The molecular formula is C17H14N4O2. The molecule has 0 saturated carbocycles. The first kappa shape index (κ1) is 15.9. The van der Waals surface area contributed by atoms with Gasteiger partial charge in [0.15, 0.2) is 0 Å². The molecule has 0 radical (unpaired) electrons. The predicted octanol–water partition coefficient (Wildman–Crippen LogP) is 3.74. The lowest BCUT2D eigenvalue weighted by atomic mass is 10.1. The van der Waals surface area contributed by atoms with Gasteiger partial charge in [-0.15, -0.1) is 0 Å². The Morgan fingerprint density at radius 1 is 1.04 bits per heavy atom. The van der Waals surface area contributed by atoms with Crippen LogP contribution in [-0.2, 0) is 4.74 Å². The summed E-state index contributed by atoms with van der Waals surface area (Å²) in [5.74, 6) is 0. The molecule has 0 aliphatic heterocycles. The van der Waals surface area contributed by atoms with Gasteiger partial charge in [0, 0.05) is 11.4 Å². The van der Waals surface area contributed by atoms with Crippen molar-refractivity contribution in [1.82, 2.24) is 0 Å². The Kier molecular flexibility index (Phi) is 5.16. The molecule has 0 saturated heterocycles. The van der Waals surface area contributed by atoms with Crippen molar-refractivity contribution in [3.63, 3.8) is 0 Å². The molecule has 2 rings (SSSR count). The summed E-state index contributed by atoms with van der Waals surface area (Å²) in [6.45, 7) is 2.03. The van der Waals surface area contributed by atoms with Crippen LogP contribution < -0.4 is 10.6 Å². The summed E-state index contributed by atoms with van der Waals surface area (Å²) < 4.78 is 4.79. The Labute approximate surface area is 133 Å². The number of hydrogen-bond donors (Lipinski definition) is 2. The molecule has 1 amide bonds. The molecular weight excluding hydrogens is 292 g/mol. The molecule has 0 spiro atoms. The van der Waals surface area contributed by atoms with Gasteiger partial charge in [-0.25, -0.2) is 4.79 Å². The zero-order valence-electron chi connectivity index (χ0n) is 12.5. The van der Waals surface area contributed by atoms with Gasteiger partial charge in [-0.3, -0.25) is 5.32 Å². The maximum Gasteiger partial charge on any atom is 0.411 e. The van der Waals surface area contributed by atoms with Gasteiger partial charge in [-0.05, 0) is 43.3 Å². The van der Waals surface area contributed by atoms with Gasteiger partial charge >= 0.3 is 6.09 Å². The van der Waals surface area contributed by atoms with E-state index >= 15 is 0 Å². The lowest BCUT2D eigenvalue weighted by Crippen LogP contribution is -2.13. The number of nitriles is 2. The molecule has 6 nitrogen and oxygen atoms in total. The fourth-order valence-electron chi connectivity index (χ4n) is 1.94. The minimum Gasteiger partial charge on any atom is -0.450 e. The smallest absolute Gasteiger partial charge is 0.411 e. The van der Waals surface area contributed by atoms with E-state index in [1.54, 1.807) is 49.4 Å². The molecule has 0 aromatic heterocycles. The van der Waals surface area contributed by atoms with Crippen molar-refractivity contribution in [1.29, 1.82) is 10.5 Å². The summed E-state index contributed by atoms with van der Waals surface area (Å²) in [7, 11) is 0. The van der Waals surface area contributed by atoms with Crippen molar-refractivity contribution in [2.75, 3.05) is 17.2 Å². The molecule has 0 fully saturated rings. The van der Waals surface area contributed by atoms with Gasteiger partial charge in [-0.2, -0.15) is 10.5 Å². The fourth-order valence-corrected chi connectivity index (χ4v) is 1.94. The number of benzene rings is 2. The average Bonchev–Trinajstić information content (AvgIpc) is 2.57. The van der Waals surface area contributed by atoms with Crippen LogP contribution in [0.1, 0.15) is 18.1 Å². The van der Waals surface area contributed by atoms with Crippen molar-refractivity contribution in [3.8, 4) is 12.1 Å². The Bertz CT molecular complexity index is 753. The van der Waals surface area contributed by atoms with E-state index in [-0.39, 0.29) is 0 Å². The Morgan fingerprint density at radius 2 is 1.61 bits per heavy atom. The van der Waals surface area contributed by atoms with Crippen molar-refractivity contribution in [2.24, 2.45) is 0 Å². The van der Waals surface area contributed by atoms with Crippen LogP contribution in [-0.4, -0.2) is 12.7 Å². The SMILES string of the molecule is CCOC(=O)Nc1ccc(Nc2c(C#N)cccc2C#N)cc1. The normalized spacial score (nSPS) is 9.35. The van der Waals surface area contributed by atoms with E-state index in [0.29, 0.717) is 34.8 Å². The lowest BCUT2D eigenvalue weighted by molar-refractivity contribution is 0.168. The van der Waals surface area contributed by atoms with Crippen LogP contribution in [0.4, 0.5) is 21.9 Å². The van der Waals surface area contributed by atoms with Crippen molar-refractivity contribution in [3.05, 3.63) is 53.6 Å². The fraction of sp³-hybridized carbons (Fsp3) is 0.118. The number of carbonyl (C=O) groups excluding carboxylic acids is 1. The second-order valence-corrected chi connectivity index (χ2v) is 4.50.